The lowest BCUT2D eigenvalue weighted by molar-refractivity contribution is 0.00578. The number of nitrogens with zero attached hydrogens (tertiary/aromatic N) is 1. The van der Waals surface area contributed by atoms with Crippen LogP contribution < -0.4 is 5.19 Å². The molecule has 0 N–H and O–H groups in total. The second-order valence-corrected chi connectivity index (χ2v) is 13.4. The fourth-order valence-electron chi connectivity index (χ4n) is 3.44. The van der Waals surface area contributed by atoms with Crippen molar-refractivity contribution in [2.45, 2.75) is 64.6 Å². The molecular formula is C20H30BNO2Si. The Labute approximate surface area is 153 Å². The number of hydrogen-bond acceptors (Lipinski definition) is 3. The van der Waals surface area contributed by atoms with Crippen molar-refractivity contribution in [3.8, 4) is 0 Å². The molecule has 0 aliphatic carbocycles. The molecule has 134 valence electrons. The zero-order valence-electron chi connectivity index (χ0n) is 16.5. The molecule has 3 nitrogen and oxygen atoms in total. The van der Waals surface area contributed by atoms with Crippen molar-refractivity contribution in [2.24, 2.45) is 0 Å². The van der Waals surface area contributed by atoms with E-state index < -0.39 is 8.07 Å². The summed E-state index contributed by atoms with van der Waals surface area (Å²) in [5, 5.41) is 1.45. The molecule has 0 aromatic heterocycles. The van der Waals surface area contributed by atoms with Crippen LogP contribution in [-0.4, -0.2) is 37.0 Å². The quantitative estimate of drug-likeness (QED) is 0.769. The lowest BCUT2D eigenvalue weighted by Gasteiger charge is -2.42. The van der Waals surface area contributed by atoms with Gasteiger partial charge in [0.05, 0.1) is 11.2 Å². The van der Waals surface area contributed by atoms with Gasteiger partial charge in [0, 0.05) is 5.67 Å². The van der Waals surface area contributed by atoms with Gasteiger partial charge in [0.1, 0.15) is 8.07 Å². The summed E-state index contributed by atoms with van der Waals surface area (Å²) in [5.74, 6) is 0. The van der Waals surface area contributed by atoms with E-state index in [0.29, 0.717) is 0 Å². The van der Waals surface area contributed by atoms with Gasteiger partial charge in [-0.1, -0.05) is 60.3 Å². The minimum Gasteiger partial charge on any atom is -0.384 e. The predicted molar refractivity (Wildman–Crippen MR) is 108 cm³/mol. The monoisotopic (exact) mass is 355 g/mol. The third-order valence-corrected chi connectivity index (χ3v) is 9.76. The molecule has 1 fully saturated rings. The maximum atomic E-state index is 6.35. The maximum absolute atomic E-state index is 6.35. The van der Waals surface area contributed by atoms with E-state index in [-0.39, 0.29) is 24.1 Å². The van der Waals surface area contributed by atoms with Gasteiger partial charge in [-0.2, -0.15) is 0 Å². The first-order chi connectivity index (χ1) is 11.5. The van der Waals surface area contributed by atoms with Crippen LogP contribution in [0.4, 0.5) is 0 Å². The fraction of sp³-hybridized carbons (Fsp3) is 0.500. The van der Waals surface area contributed by atoms with E-state index in [1.165, 1.54) is 10.8 Å². The van der Waals surface area contributed by atoms with Crippen LogP contribution in [-0.2, 0) is 9.31 Å². The Morgan fingerprint density at radius 1 is 1.00 bits per heavy atom. The van der Waals surface area contributed by atoms with Crippen molar-refractivity contribution in [3.63, 3.8) is 0 Å². The van der Waals surface area contributed by atoms with Crippen molar-refractivity contribution in [1.82, 2.24) is 4.81 Å². The minimum atomic E-state index is -1.81. The Bertz CT molecular complexity index is 681. The largest absolute Gasteiger partial charge is 0.593 e. The molecule has 0 radical (unpaired) electrons. The highest BCUT2D eigenvalue weighted by atomic mass is 28.3. The molecule has 1 unspecified atom stereocenters. The van der Waals surface area contributed by atoms with Gasteiger partial charge in [0.25, 0.3) is 0 Å². The number of hydrogen-bond donors (Lipinski definition) is 0. The van der Waals surface area contributed by atoms with E-state index in [9.17, 15) is 0 Å². The predicted octanol–water partition coefficient (Wildman–Crippen LogP) is 3.87. The van der Waals surface area contributed by atoms with Crippen molar-refractivity contribution < 1.29 is 9.31 Å². The lowest BCUT2D eigenvalue weighted by atomic mass is 9.90. The van der Waals surface area contributed by atoms with Crippen LogP contribution in [0.25, 0.3) is 0 Å². The van der Waals surface area contributed by atoms with Crippen molar-refractivity contribution >= 4 is 20.5 Å². The third kappa shape index (κ3) is 3.25. The van der Waals surface area contributed by atoms with Gasteiger partial charge >= 0.3 is 7.25 Å². The summed E-state index contributed by atoms with van der Waals surface area (Å²) in [6.45, 7) is 15.4. The second kappa shape index (κ2) is 6.15. The molecule has 1 aromatic rings. The van der Waals surface area contributed by atoms with E-state index in [0.717, 1.165) is 0 Å². The summed E-state index contributed by atoms with van der Waals surface area (Å²) in [5.41, 5.74) is 0.930. The molecule has 0 amide bonds. The second-order valence-electron chi connectivity index (χ2n) is 8.77. The summed E-state index contributed by atoms with van der Waals surface area (Å²) >= 11 is 0. The van der Waals surface area contributed by atoms with E-state index in [4.69, 9.17) is 9.31 Å². The highest BCUT2D eigenvalue weighted by molar-refractivity contribution is 6.91. The molecule has 3 rings (SSSR count). The average Bonchev–Trinajstić information content (AvgIpc) is 2.76. The molecule has 5 heteroatoms. The maximum Gasteiger partial charge on any atom is 0.593 e. The lowest BCUT2D eigenvalue weighted by Crippen LogP contribution is -2.62. The first-order valence-electron chi connectivity index (χ1n) is 9.10. The number of allylic oxidation sites excluding steroid dienone is 2. The molecule has 0 spiro atoms. The Morgan fingerprint density at radius 2 is 1.56 bits per heavy atom. The summed E-state index contributed by atoms with van der Waals surface area (Å²) in [7, 11) is -2.16. The van der Waals surface area contributed by atoms with Crippen LogP contribution >= 0.6 is 0 Å². The third-order valence-electron chi connectivity index (χ3n) is 5.99. The van der Waals surface area contributed by atoms with E-state index in [1.54, 1.807) is 0 Å². The first-order valence-corrected chi connectivity index (χ1v) is 12.2. The summed E-state index contributed by atoms with van der Waals surface area (Å²) in [6.07, 6.45) is 6.68. The minimum absolute atomic E-state index is 0.287. The summed E-state index contributed by atoms with van der Waals surface area (Å²) in [4.78, 5) is 2.28. The van der Waals surface area contributed by atoms with Crippen molar-refractivity contribution in [2.75, 3.05) is 0 Å². The fourth-order valence-corrected chi connectivity index (χ4v) is 6.47. The van der Waals surface area contributed by atoms with Gasteiger partial charge in [-0.15, -0.1) is 0 Å². The normalized spacial score (nSPS) is 25.2. The van der Waals surface area contributed by atoms with Gasteiger partial charge in [-0.05, 0) is 46.9 Å². The average molecular weight is 355 g/mol. The van der Waals surface area contributed by atoms with Crippen molar-refractivity contribution in [3.05, 3.63) is 54.3 Å². The van der Waals surface area contributed by atoms with Crippen LogP contribution in [0.2, 0.25) is 13.1 Å². The highest BCUT2D eigenvalue weighted by Gasteiger charge is 2.56. The first kappa shape index (κ1) is 18.5. The molecular weight excluding hydrogens is 325 g/mol. The standard InChI is InChI=1S/C20H30BNO2Si/c1-16-13-14-22(21-23-19(2,3)20(4,5)24-21)18(15-16)25(6,7)17-11-9-8-10-12-17/h8-15,18H,1-7H3. The van der Waals surface area contributed by atoms with Gasteiger partial charge in [0.15, 0.2) is 0 Å². The molecule has 2 heterocycles. The smallest absolute Gasteiger partial charge is 0.384 e. The number of rotatable bonds is 3. The molecule has 25 heavy (non-hydrogen) atoms. The van der Waals surface area contributed by atoms with Gasteiger partial charge < -0.3 is 14.1 Å². The Kier molecular flexibility index (Phi) is 4.55. The van der Waals surface area contributed by atoms with E-state index >= 15 is 0 Å². The molecule has 0 bridgehead atoms. The Morgan fingerprint density at radius 3 is 2.12 bits per heavy atom. The summed E-state index contributed by atoms with van der Waals surface area (Å²) < 4.78 is 12.7. The topological polar surface area (TPSA) is 21.7 Å². The zero-order valence-corrected chi connectivity index (χ0v) is 17.5. The molecule has 1 atom stereocenters. The Hall–Kier alpha value is -1.30. The van der Waals surface area contributed by atoms with Crippen LogP contribution in [0.5, 0.6) is 0 Å². The van der Waals surface area contributed by atoms with Gasteiger partial charge in [0.2, 0.25) is 0 Å². The van der Waals surface area contributed by atoms with Gasteiger partial charge in [-0.3, -0.25) is 0 Å². The SMILES string of the molecule is CC1=CC([Si](C)(C)c2ccccc2)N(B2OC(C)(C)C(C)(C)O2)C=C1. The molecule has 2 aliphatic heterocycles. The zero-order chi connectivity index (χ0) is 18.5. The van der Waals surface area contributed by atoms with Gasteiger partial charge in [-0.25, -0.2) is 0 Å². The highest BCUT2D eigenvalue weighted by Crippen LogP contribution is 2.39. The van der Waals surface area contributed by atoms with Crippen LogP contribution in [0, 0.1) is 0 Å². The van der Waals surface area contributed by atoms with Crippen LogP contribution in [0.15, 0.2) is 54.3 Å². The van der Waals surface area contributed by atoms with Crippen molar-refractivity contribution in [1.29, 1.82) is 0 Å². The molecule has 0 saturated carbocycles. The van der Waals surface area contributed by atoms with E-state index in [1.807, 2.05) is 0 Å². The van der Waals surface area contributed by atoms with Crippen LogP contribution in [0.1, 0.15) is 34.6 Å². The molecule has 1 aromatic carbocycles. The molecule has 1 saturated heterocycles. The van der Waals surface area contributed by atoms with E-state index in [2.05, 4.69) is 101 Å². The van der Waals surface area contributed by atoms with Crippen LogP contribution in [0.3, 0.4) is 0 Å². The Balaban J connectivity index is 1.95. The molecule has 2 aliphatic rings. The summed E-state index contributed by atoms with van der Waals surface area (Å²) in [6, 6.07) is 10.9. The number of benzene rings is 1.